The van der Waals surface area contributed by atoms with Gasteiger partial charge in [0.05, 0.1) is 55.2 Å². The molecule has 4 aliphatic carbocycles. The van der Waals surface area contributed by atoms with Crippen molar-refractivity contribution in [2.24, 2.45) is 53.3 Å². The van der Waals surface area contributed by atoms with Crippen LogP contribution >= 0.6 is 0 Å². The summed E-state index contributed by atoms with van der Waals surface area (Å²) in [4.78, 5) is 12.6. The van der Waals surface area contributed by atoms with Crippen molar-refractivity contribution in [2.45, 2.75) is 146 Å². The van der Waals surface area contributed by atoms with Gasteiger partial charge in [0.25, 0.3) is 0 Å². The number of rotatable bonds is 1. The van der Waals surface area contributed by atoms with Gasteiger partial charge in [-0.1, -0.05) is 44.9 Å². The summed E-state index contributed by atoms with van der Waals surface area (Å²) in [7, 11) is 0. The van der Waals surface area contributed by atoms with E-state index in [0.717, 1.165) is 19.3 Å². The first-order valence-corrected chi connectivity index (χ1v) is 18.4. The number of carbonyl (C=O) groups is 1. The number of carboxylic acid groups (broad SMARTS) is 1. The molecule has 0 radical (unpaired) electrons. The molecule has 9 aliphatic rings. The van der Waals surface area contributed by atoms with Gasteiger partial charge in [-0.15, -0.1) is 0 Å². The summed E-state index contributed by atoms with van der Waals surface area (Å²) in [5, 5.41) is 43.3. The molecule has 17 unspecified atom stereocenters. The molecule has 0 aromatic heterocycles. The molecule has 9 N–H and O–H groups in total. The number of hydrogen-bond donors (Lipinski definition) is 9. The molecule has 0 aromatic rings. The van der Waals surface area contributed by atoms with Crippen LogP contribution in [0.3, 0.4) is 0 Å². The molecule has 44 heavy (non-hydrogen) atoms. The maximum absolute atomic E-state index is 12.6. The number of hydrogen-bond acceptors (Lipinski definition) is 9. The third-order valence-electron chi connectivity index (χ3n) is 14.2. The van der Waals surface area contributed by atoms with Crippen molar-refractivity contribution in [3.63, 3.8) is 0 Å². The Morgan fingerprint density at radius 3 is 0.977 bits per heavy atom. The fraction of sp³-hybridized carbons (Fsp3) is 0.970. The second kappa shape index (κ2) is 12.7. The predicted octanol–water partition coefficient (Wildman–Crippen LogP) is 1.91. The Labute approximate surface area is 277 Å². The van der Waals surface area contributed by atoms with Crippen molar-refractivity contribution in [3.8, 4) is 0 Å². The van der Waals surface area contributed by atoms with E-state index in [2.05, 4.69) is 42.5 Å². The molecule has 8 bridgehead atoms. The Balaban J connectivity index is 0.00000289. The van der Waals surface area contributed by atoms with Gasteiger partial charge in [0.15, 0.2) is 0 Å². The second-order valence-electron chi connectivity index (χ2n) is 16.1. The van der Waals surface area contributed by atoms with Crippen LogP contribution in [0.2, 0.25) is 0 Å². The van der Waals surface area contributed by atoms with Gasteiger partial charge in [-0.25, -0.2) is 0 Å². The maximum atomic E-state index is 12.6. The van der Waals surface area contributed by atoms with Gasteiger partial charge in [-0.2, -0.15) is 0 Å². The smallest absolute Gasteiger partial charge is 0.306 e. The molecule has 0 aromatic carbocycles. The molecule has 5 heterocycles. The van der Waals surface area contributed by atoms with E-state index in [1.54, 1.807) is 0 Å². The van der Waals surface area contributed by atoms with Crippen LogP contribution in [0.25, 0.3) is 0 Å². The molecule has 17 atom stereocenters. The Kier molecular flexibility index (Phi) is 8.98. The van der Waals surface area contributed by atoms with Crippen LogP contribution in [0, 0.1) is 53.3 Å². The summed E-state index contributed by atoms with van der Waals surface area (Å²) >= 11 is 0. The number of carboxylic acids is 1. The molecule has 10 nitrogen and oxygen atoms in total. The van der Waals surface area contributed by atoms with Crippen LogP contribution in [0.4, 0.5) is 0 Å². The van der Waals surface area contributed by atoms with E-state index in [0.29, 0.717) is 66.1 Å². The average molecular weight is 693 g/mol. The van der Waals surface area contributed by atoms with Crippen LogP contribution in [-0.4, -0.2) is 60.4 Å². The summed E-state index contributed by atoms with van der Waals surface area (Å²) in [6.07, 6.45) is 20.5. The minimum absolute atomic E-state index is 0. The molecule has 9 rings (SSSR count). The van der Waals surface area contributed by atoms with Crippen molar-refractivity contribution in [2.75, 3.05) is 0 Å². The van der Waals surface area contributed by atoms with Crippen LogP contribution in [0.5, 0.6) is 0 Å². The zero-order valence-electron chi connectivity index (χ0n) is 26.2. The van der Waals surface area contributed by atoms with Gasteiger partial charge in [0.2, 0.25) is 0 Å². The standard InChI is InChI=1S/C33H56N8O2.Mo/c42-33(43)23-15-7-14-22-24(23)32-40-30-21-13-6-5-12-20(21)28(38-30)36-26-17-9-2-1-8-16(17)25(34-26)35-27-18-10-3-4-11-19(18)29(37-27)39-31(22)41-32;/h16-32,34-41H,1-15H2,(H,42,43);. The number of aliphatic carboxylic acids is 1. The van der Waals surface area contributed by atoms with E-state index in [9.17, 15) is 9.90 Å². The van der Waals surface area contributed by atoms with Gasteiger partial charge in [-0.05, 0) is 92.8 Å². The minimum atomic E-state index is -0.607. The molecule has 11 heteroatoms. The number of nitrogens with one attached hydrogen (secondary N) is 8. The van der Waals surface area contributed by atoms with Gasteiger partial charge in [0.1, 0.15) is 0 Å². The fourth-order valence-corrected chi connectivity index (χ4v) is 12.3. The Bertz CT molecular complexity index is 1050. The van der Waals surface area contributed by atoms with E-state index >= 15 is 0 Å². The molecular weight excluding hydrogens is 636 g/mol. The van der Waals surface area contributed by atoms with Crippen molar-refractivity contribution < 1.29 is 31.0 Å². The van der Waals surface area contributed by atoms with E-state index < -0.39 is 5.97 Å². The van der Waals surface area contributed by atoms with Crippen molar-refractivity contribution in [1.82, 2.24) is 42.5 Å². The summed E-state index contributed by atoms with van der Waals surface area (Å²) < 4.78 is 0. The third-order valence-corrected chi connectivity index (χ3v) is 14.2. The topological polar surface area (TPSA) is 134 Å². The van der Waals surface area contributed by atoms with Crippen LogP contribution in [0.15, 0.2) is 0 Å². The summed E-state index contributed by atoms with van der Waals surface area (Å²) in [6.45, 7) is 0. The molecule has 5 aliphatic heterocycles. The van der Waals surface area contributed by atoms with E-state index in [1.807, 2.05) is 0 Å². The molecule has 5 saturated heterocycles. The summed E-state index contributed by atoms with van der Waals surface area (Å²) in [5.74, 6) is 3.36. The Morgan fingerprint density at radius 1 is 0.386 bits per heavy atom. The molecule has 0 amide bonds. The van der Waals surface area contributed by atoms with Gasteiger partial charge in [-0.3, -0.25) is 47.3 Å². The summed E-state index contributed by atoms with van der Waals surface area (Å²) in [5.41, 5.74) is 0. The number of fused-ring (bicyclic) bond motifs is 20. The van der Waals surface area contributed by atoms with Crippen LogP contribution < -0.4 is 42.5 Å². The summed E-state index contributed by atoms with van der Waals surface area (Å²) in [6, 6.07) is 0. The second-order valence-corrected chi connectivity index (χ2v) is 16.1. The molecule has 246 valence electrons. The van der Waals surface area contributed by atoms with Crippen LogP contribution in [-0.2, 0) is 25.9 Å². The third kappa shape index (κ3) is 5.29. The van der Waals surface area contributed by atoms with Crippen molar-refractivity contribution in [3.05, 3.63) is 0 Å². The largest absolute Gasteiger partial charge is 0.481 e. The zero-order chi connectivity index (χ0) is 28.7. The molecule has 9 fully saturated rings. The SMILES string of the molecule is O=C(O)C1CCCC2C3NC4NC(NC5NC(NC6NC(NC(N3)C12)C1CCCCC61)C1CCCCC51)C1CCCCC41.[Mo]. The Hall–Kier alpha value is -0.162. The van der Waals surface area contributed by atoms with E-state index in [1.165, 1.54) is 77.0 Å². The molecule has 0 spiro atoms. The predicted molar refractivity (Wildman–Crippen MR) is 164 cm³/mol. The van der Waals surface area contributed by atoms with Crippen molar-refractivity contribution >= 4 is 5.97 Å². The van der Waals surface area contributed by atoms with Gasteiger partial charge >= 0.3 is 5.97 Å². The first-order chi connectivity index (χ1) is 21.1. The van der Waals surface area contributed by atoms with Gasteiger partial charge in [0, 0.05) is 27.0 Å². The maximum Gasteiger partial charge on any atom is 0.306 e. The molecular formula is C33H56MoN8O2. The first kappa shape index (κ1) is 31.1. The normalized spacial score (nSPS) is 54.8. The average Bonchev–Trinajstić information content (AvgIpc) is 3.76. The zero-order valence-corrected chi connectivity index (χ0v) is 28.2. The minimum Gasteiger partial charge on any atom is -0.481 e. The quantitative estimate of drug-likeness (QED) is 0.188. The van der Waals surface area contributed by atoms with Crippen molar-refractivity contribution in [1.29, 1.82) is 0 Å². The van der Waals surface area contributed by atoms with Gasteiger partial charge < -0.3 is 5.11 Å². The molecule has 4 saturated carbocycles. The van der Waals surface area contributed by atoms with E-state index in [-0.39, 0.29) is 57.6 Å². The van der Waals surface area contributed by atoms with Crippen LogP contribution in [0.1, 0.15) is 96.3 Å². The monoisotopic (exact) mass is 694 g/mol. The van der Waals surface area contributed by atoms with E-state index in [4.69, 9.17) is 0 Å². The first-order valence-electron chi connectivity index (χ1n) is 18.4. The Morgan fingerprint density at radius 2 is 0.659 bits per heavy atom. The fourth-order valence-electron chi connectivity index (χ4n) is 12.3.